The van der Waals surface area contributed by atoms with Crippen molar-refractivity contribution in [2.24, 2.45) is 0 Å². The lowest BCUT2D eigenvalue weighted by Crippen LogP contribution is -2.15. The van der Waals surface area contributed by atoms with Gasteiger partial charge in [0.2, 0.25) is 0 Å². The molecule has 0 aliphatic heterocycles. The molecule has 0 amide bonds. The van der Waals surface area contributed by atoms with Crippen LogP contribution in [0.15, 0.2) is 51.8 Å². The highest BCUT2D eigenvalue weighted by molar-refractivity contribution is 9.10. The van der Waals surface area contributed by atoms with Crippen molar-refractivity contribution in [2.75, 3.05) is 4.72 Å². The zero-order valence-corrected chi connectivity index (χ0v) is 13.8. The second-order valence-corrected chi connectivity index (χ2v) is 7.26. The van der Waals surface area contributed by atoms with Crippen molar-refractivity contribution < 1.29 is 21.6 Å². The maximum Gasteiger partial charge on any atom is 0.417 e. The Kier molecular flexibility index (Phi) is 4.74. The summed E-state index contributed by atoms with van der Waals surface area (Å²) in [6, 6.07) is 8.56. The van der Waals surface area contributed by atoms with Gasteiger partial charge in [-0.3, -0.25) is 4.72 Å². The minimum Gasteiger partial charge on any atom is -0.280 e. The summed E-state index contributed by atoms with van der Waals surface area (Å²) in [5, 5.41) is -0.560. The highest BCUT2D eigenvalue weighted by Crippen LogP contribution is 2.36. The molecule has 0 spiro atoms. The molecule has 3 nitrogen and oxygen atoms in total. The number of sulfonamides is 1. The monoisotopic (exact) mass is 413 g/mol. The molecule has 2 aromatic rings. The van der Waals surface area contributed by atoms with Crippen LogP contribution in [0.25, 0.3) is 0 Å². The third kappa shape index (κ3) is 3.93. The van der Waals surface area contributed by atoms with Crippen LogP contribution in [-0.2, 0) is 16.2 Å². The fourth-order valence-corrected chi connectivity index (χ4v) is 3.19. The fourth-order valence-electron chi connectivity index (χ4n) is 1.62. The normalized spacial score (nSPS) is 12.2. The van der Waals surface area contributed by atoms with Crippen LogP contribution >= 0.6 is 27.5 Å². The van der Waals surface area contributed by atoms with E-state index in [1.165, 1.54) is 12.1 Å². The minimum absolute atomic E-state index is 0.228. The molecule has 0 radical (unpaired) electrons. The molecule has 9 heteroatoms. The molecule has 2 aromatic carbocycles. The molecule has 0 heterocycles. The highest BCUT2D eigenvalue weighted by Gasteiger charge is 2.34. The first kappa shape index (κ1) is 17.1. The van der Waals surface area contributed by atoms with Gasteiger partial charge in [0.15, 0.2) is 0 Å². The Hall–Kier alpha value is -1.25. The summed E-state index contributed by atoms with van der Waals surface area (Å²) < 4.78 is 65.6. The zero-order chi connectivity index (χ0) is 16.5. The Balaban J connectivity index is 2.39. The van der Waals surface area contributed by atoms with E-state index >= 15 is 0 Å². The molecule has 0 atom stereocenters. The van der Waals surface area contributed by atoms with Crippen LogP contribution in [0.2, 0.25) is 5.02 Å². The number of hydrogen-bond donors (Lipinski definition) is 1. The van der Waals surface area contributed by atoms with Crippen molar-refractivity contribution in [1.29, 1.82) is 0 Å². The standard InChI is InChI=1S/C13H8BrClF3NO2S/c14-8-1-3-9(4-2-8)19-22(20,21)10-5-6-12(15)11(7-10)13(16,17)18/h1-7,19H. The van der Waals surface area contributed by atoms with E-state index in [1.807, 2.05) is 0 Å². The van der Waals surface area contributed by atoms with Crippen molar-refractivity contribution in [1.82, 2.24) is 0 Å². The van der Waals surface area contributed by atoms with Gasteiger partial charge >= 0.3 is 6.18 Å². The molecule has 0 bridgehead atoms. The van der Waals surface area contributed by atoms with Crippen LogP contribution in [0.1, 0.15) is 5.56 Å². The third-order valence-corrected chi connectivity index (χ3v) is 4.89. The Morgan fingerprint density at radius 1 is 1.05 bits per heavy atom. The van der Waals surface area contributed by atoms with Gasteiger partial charge in [-0.05, 0) is 42.5 Å². The molecule has 2 rings (SSSR count). The van der Waals surface area contributed by atoms with E-state index in [0.29, 0.717) is 6.07 Å². The van der Waals surface area contributed by atoms with E-state index < -0.39 is 31.7 Å². The fraction of sp³-hybridized carbons (Fsp3) is 0.0769. The highest BCUT2D eigenvalue weighted by atomic mass is 79.9. The molecule has 0 unspecified atom stereocenters. The van der Waals surface area contributed by atoms with Crippen LogP contribution in [0.3, 0.4) is 0 Å². The maximum absolute atomic E-state index is 12.8. The van der Waals surface area contributed by atoms with Gasteiger partial charge in [0, 0.05) is 10.2 Å². The van der Waals surface area contributed by atoms with E-state index in [1.54, 1.807) is 12.1 Å². The average Bonchev–Trinajstić information content (AvgIpc) is 2.40. The number of halogens is 5. The number of alkyl halides is 3. The van der Waals surface area contributed by atoms with E-state index in [9.17, 15) is 21.6 Å². The van der Waals surface area contributed by atoms with Gasteiger partial charge in [-0.2, -0.15) is 13.2 Å². The molecule has 118 valence electrons. The molecule has 0 aromatic heterocycles. The SMILES string of the molecule is O=S(=O)(Nc1ccc(Br)cc1)c1ccc(Cl)c(C(F)(F)F)c1. The lowest BCUT2D eigenvalue weighted by Gasteiger charge is -2.12. The van der Waals surface area contributed by atoms with Crippen molar-refractivity contribution in [2.45, 2.75) is 11.1 Å². The van der Waals surface area contributed by atoms with E-state index in [4.69, 9.17) is 11.6 Å². The lowest BCUT2D eigenvalue weighted by atomic mass is 10.2. The third-order valence-electron chi connectivity index (χ3n) is 2.65. The van der Waals surface area contributed by atoms with Gasteiger partial charge in [0.1, 0.15) is 0 Å². The van der Waals surface area contributed by atoms with Crippen molar-refractivity contribution in [3.8, 4) is 0 Å². The molecular formula is C13H8BrClF3NO2S. The van der Waals surface area contributed by atoms with E-state index in [0.717, 1.165) is 16.6 Å². The number of nitrogens with one attached hydrogen (secondary N) is 1. The predicted molar refractivity (Wildman–Crippen MR) is 81.4 cm³/mol. The van der Waals surface area contributed by atoms with Crippen LogP contribution in [0.5, 0.6) is 0 Å². The summed E-state index contributed by atoms with van der Waals surface area (Å²) in [4.78, 5) is -0.521. The molecule has 0 saturated heterocycles. The van der Waals surface area contributed by atoms with Crippen LogP contribution < -0.4 is 4.72 Å². The minimum atomic E-state index is -4.74. The topological polar surface area (TPSA) is 46.2 Å². The average molecular weight is 415 g/mol. The molecule has 0 fully saturated rings. The zero-order valence-electron chi connectivity index (χ0n) is 10.7. The number of anilines is 1. The van der Waals surface area contributed by atoms with Crippen molar-refractivity contribution in [3.63, 3.8) is 0 Å². The molecule has 0 aliphatic rings. The van der Waals surface area contributed by atoms with Gasteiger partial charge < -0.3 is 0 Å². The van der Waals surface area contributed by atoms with Crippen LogP contribution in [0.4, 0.5) is 18.9 Å². The summed E-state index contributed by atoms with van der Waals surface area (Å²) in [7, 11) is -4.15. The Morgan fingerprint density at radius 3 is 2.18 bits per heavy atom. The summed E-state index contributed by atoms with van der Waals surface area (Å²) in [5.41, 5.74) is -0.973. The predicted octanol–water partition coefficient (Wildman–Crippen LogP) is 4.92. The van der Waals surface area contributed by atoms with Gasteiger partial charge in [0.25, 0.3) is 10.0 Å². The molecular weight excluding hydrogens is 407 g/mol. The summed E-state index contributed by atoms with van der Waals surface area (Å²) in [6.07, 6.45) is -4.74. The molecule has 0 aliphatic carbocycles. The second kappa shape index (κ2) is 6.10. The van der Waals surface area contributed by atoms with Crippen LogP contribution in [0, 0.1) is 0 Å². The quantitative estimate of drug-likeness (QED) is 0.775. The molecule has 1 N–H and O–H groups in total. The van der Waals surface area contributed by atoms with E-state index in [2.05, 4.69) is 20.7 Å². The number of benzene rings is 2. The number of hydrogen-bond acceptors (Lipinski definition) is 2. The largest absolute Gasteiger partial charge is 0.417 e. The molecule has 0 saturated carbocycles. The smallest absolute Gasteiger partial charge is 0.280 e. The van der Waals surface area contributed by atoms with E-state index in [-0.39, 0.29) is 5.69 Å². The van der Waals surface area contributed by atoms with Gasteiger partial charge in [0.05, 0.1) is 15.5 Å². The molecule has 22 heavy (non-hydrogen) atoms. The first-order valence-electron chi connectivity index (χ1n) is 5.75. The number of rotatable bonds is 3. The Morgan fingerprint density at radius 2 is 1.64 bits per heavy atom. The van der Waals surface area contributed by atoms with Crippen LogP contribution in [-0.4, -0.2) is 8.42 Å². The summed E-state index contributed by atoms with van der Waals surface area (Å²) in [6.45, 7) is 0. The first-order chi connectivity index (χ1) is 10.1. The maximum atomic E-state index is 12.8. The van der Waals surface area contributed by atoms with Crippen molar-refractivity contribution >= 4 is 43.2 Å². The Labute approximate surface area is 138 Å². The Bertz CT molecular complexity index is 792. The lowest BCUT2D eigenvalue weighted by molar-refractivity contribution is -0.137. The van der Waals surface area contributed by atoms with Crippen molar-refractivity contribution in [3.05, 3.63) is 57.5 Å². The van der Waals surface area contributed by atoms with Gasteiger partial charge in [-0.1, -0.05) is 27.5 Å². The summed E-state index contributed by atoms with van der Waals surface area (Å²) in [5.74, 6) is 0. The van der Waals surface area contributed by atoms with Gasteiger partial charge in [-0.15, -0.1) is 0 Å². The first-order valence-corrected chi connectivity index (χ1v) is 8.40. The second-order valence-electron chi connectivity index (χ2n) is 4.25. The van der Waals surface area contributed by atoms with Gasteiger partial charge in [-0.25, -0.2) is 8.42 Å². The summed E-state index contributed by atoms with van der Waals surface area (Å²) >= 11 is 8.66.